The van der Waals surface area contributed by atoms with E-state index in [1.54, 1.807) is 0 Å². The van der Waals surface area contributed by atoms with Crippen LogP contribution in [0.15, 0.2) is 0 Å². The van der Waals surface area contributed by atoms with E-state index >= 15 is 0 Å². The minimum absolute atomic E-state index is 0.189. The second kappa shape index (κ2) is 6.36. The zero-order valence-electron chi connectivity index (χ0n) is 10.8. The van der Waals surface area contributed by atoms with Crippen LogP contribution in [0, 0.1) is 0 Å². The van der Waals surface area contributed by atoms with Crippen LogP contribution in [-0.2, 0) is 9.53 Å². The highest BCUT2D eigenvalue weighted by molar-refractivity contribution is 5.78. The maximum Gasteiger partial charge on any atom is 0.234 e. The first-order valence-corrected chi connectivity index (χ1v) is 6.91. The number of carbonyl (C=O) groups is 1. The molecule has 1 saturated heterocycles. The van der Waals surface area contributed by atoms with Crippen molar-refractivity contribution in [1.82, 2.24) is 10.2 Å². The van der Waals surface area contributed by atoms with Gasteiger partial charge in [0.1, 0.15) is 0 Å². The Bertz CT molecular complexity index is 252. The first-order valence-electron chi connectivity index (χ1n) is 6.91. The molecule has 98 valence electrons. The molecule has 1 aliphatic heterocycles. The third-order valence-corrected chi connectivity index (χ3v) is 3.77. The largest absolute Gasteiger partial charge is 0.376 e. The number of hydrogen-bond donors (Lipinski definition) is 1. The number of rotatable bonds is 4. The van der Waals surface area contributed by atoms with Crippen LogP contribution in [0.5, 0.6) is 0 Å². The molecule has 1 heterocycles. The molecule has 1 aliphatic carbocycles. The topological polar surface area (TPSA) is 41.6 Å². The minimum Gasteiger partial charge on any atom is -0.376 e. The van der Waals surface area contributed by atoms with E-state index in [1.165, 1.54) is 12.8 Å². The average Bonchev–Trinajstić information content (AvgIpc) is 2.82. The molecular weight excluding hydrogens is 216 g/mol. The molecule has 0 spiro atoms. The Morgan fingerprint density at radius 2 is 2.18 bits per heavy atom. The first kappa shape index (κ1) is 12.8. The predicted octanol–water partition coefficient (Wildman–Crippen LogP) is 1.16. The number of carbonyl (C=O) groups excluding carboxylic acids is 1. The second-order valence-electron chi connectivity index (χ2n) is 5.19. The lowest BCUT2D eigenvalue weighted by molar-refractivity contribution is -0.125. The number of nitrogens with one attached hydrogen (secondary N) is 1. The average molecular weight is 240 g/mol. The summed E-state index contributed by atoms with van der Waals surface area (Å²) in [6.45, 7) is 5.21. The van der Waals surface area contributed by atoms with Crippen molar-refractivity contribution in [2.75, 3.05) is 26.2 Å². The Kier molecular flexibility index (Phi) is 4.80. The Morgan fingerprint density at radius 1 is 1.41 bits per heavy atom. The predicted molar refractivity (Wildman–Crippen MR) is 66.9 cm³/mol. The van der Waals surface area contributed by atoms with Crippen molar-refractivity contribution in [3.63, 3.8) is 0 Å². The van der Waals surface area contributed by atoms with E-state index in [1.807, 2.05) is 0 Å². The minimum atomic E-state index is 0.189. The Balaban J connectivity index is 1.70. The summed E-state index contributed by atoms with van der Waals surface area (Å²) in [5, 5.41) is 3.14. The molecule has 0 radical (unpaired) electrons. The van der Waals surface area contributed by atoms with Crippen LogP contribution in [0.4, 0.5) is 0 Å². The molecule has 2 rings (SSSR count). The summed E-state index contributed by atoms with van der Waals surface area (Å²) in [4.78, 5) is 14.1. The van der Waals surface area contributed by atoms with Gasteiger partial charge in [0.15, 0.2) is 0 Å². The van der Waals surface area contributed by atoms with Gasteiger partial charge >= 0.3 is 0 Å². The van der Waals surface area contributed by atoms with Crippen molar-refractivity contribution in [3.05, 3.63) is 0 Å². The third-order valence-electron chi connectivity index (χ3n) is 3.77. The van der Waals surface area contributed by atoms with Crippen LogP contribution in [-0.4, -0.2) is 49.2 Å². The van der Waals surface area contributed by atoms with Crippen molar-refractivity contribution in [1.29, 1.82) is 0 Å². The molecule has 2 aliphatic rings. The molecule has 0 aromatic rings. The summed E-state index contributed by atoms with van der Waals surface area (Å²) >= 11 is 0. The van der Waals surface area contributed by atoms with Crippen LogP contribution < -0.4 is 5.32 Å². The molecule has 1 atom stereocenters. The molecule has 2 fully saturated rings. The van der Waals surface area contributed by atoms with E-state index in [2.05, 4.69) is 17.1 Å². The van der Waals surface area contributed by atoms with Crippen LogP contribution in [0.25, 0.3) is 0 Å². The van der Waals surface area contributed by atoms with Gasteiger partial charge in [-0.2, -0.15) is 0 Å². The lowest BCUT2D eigenvalue weighted by Crippen LogP contribution is -2.48. The Labute approximate surface area is 104 Å². The SMILES string of the molecule is CCC1CN(CC(=O)NC2CCCC2)CCO1. The molecule has 0 aromatic carbocycles. The van der Waals surface area contributed by atoms with Crippen molar-refractivity contribution >= 4 is 5.91 Å². The van der Waals surface area contributed by atoms with Gasteiger partial charge in [-0.1, -0.05) is 19.8 Å². The van der Waals surface area contributed by atoms with Crippen LogP contribution in [0.1, 0.15) is 39.0 Å². The molecule has 17 heavy (non-hydrogen) atoms. The van der Waals surface area contributed by atoms with Gasteiger partial charge in [0.25, 0.3) is 0 Å². The van der Waals surface area contributed by atoms with Gasteiger partial charge in [-0.25, -0.2) is 0 Å². The third kappa shape index (κ3) is 3.96. The standard InChI is InChI=1S/C13H24N2O2/c1-2-12-9-15(7-8-17-12)10-13(16)14-11-5-3-4-6-11/h11-12H,2-10H2,1H3,(H,14,16). The van der Waals surface area contributed by atoms with Crippen LogP contribution in [0.2, 0.25) is 0 Å². The summed E-state index contributed by atoms with van der Waals surface area (Å²) in [6, 6.07) is 0.436. The highest BCUT2D eigenvalue weighted by Gasteiger charge is 2.22. The summed E-state index contributed by atoms with van der Waals surface area (Å²) in [6.07, 6.45) is 6.18. The quantitative estimate of drug-likeness (QED) is 0.801. The fourth-order valence-electron chi connectivity index (χ4n) is 2.72. The summed E-state index contributed by atoms with van der Waals surface area (Å²) in [5.41, 5.74) is 0. The molecule has 1 saturated carbocycles. The zero-order valence-corrected chi connectivity index (χ0v) is 10.8. The molecule has 4 heteroatoms. The fourth-order valence-corrected chi connectivity index (χ4v) is 2.72. The van der Waals surface area contributed by atoms with Gasteiger partial charge in [-0.15, -0.1) is 0 Å². The van der Waals surface area contributed by atoms with E-state index in [0.29, 0.717) is 18.7 Å². The molecule has 0 aromatic heterocycles. The van der Waals surface area contributed by atoms with E-state index in [4.69, 9.17) is 4.74 Å². The summed E-state index contributed by atoms with van der Waals surface area (Å²) < 4.78 is 5.60. The molecule has 1 N–H and O–H groups in total. The summed E-state index contributed by atoms with van der Waals surface area (Å²) in [7, 11) is 0. The molecule has 1 unspecified atom stereocenters. The van der Waals surface area contributed by atoms with E-state index in [9.17, 15) is 4.79 Å². The van der Waals surface area contributed by atoms with Crippen LogP contribution >= 0.6 is 0 Å². The molecule has 4 nitrogen and oxygen atoms in total. The van der Waals surface area contributed by atoms with E-state index < -0.39 is 0 Å². The van der Waals surface area contributed by atoms with Gasteiger partial charge in [-0.05, 0) is 19.3 Å². The fraction of sp³-hybridized carbons (Fsp3) is 0.923. The van der Waals surface area contributed by atoms with Crippen molar-refractivity contribution in [2.24, 2.45) is 0 Å². The van der Waals surface area contributed by atoms with Gasteiger partial charge in [0.05, 0.1) is 19.3 Å². The maximum atomic E-state index is 11.9. The summed E-state index contributed by atoms with van der Waals surface area (Å²) in [5.74, 6) is 0.189. The normalized spacial score (nSPS) is 27.2. The first-order chi connectivity index (χ1) is 8.28. The van der Waals surface area contributed by atoms with Crippen molar-refractivity contribution in [3.8, 4) is 0 Å². The zero-order chi connectivity index (χ0) is 12.1. The van der Waals surface area contributed by atoms with Crippen molar-refractivity contribution < 1.29 is 9.53 Å². The number of amides is 1. The number of ether oxygens (including phenoxy) is 1. The van der Waals surface area contributed by atoms with Crippen molar-refractivity contribution in [2.45, 2.75) is 51.2 Å². The van der Waals surface area contributed by atoms with Crippen LogP contribution in [0.3, 0.4) is 0 Å². The van der Waals surface area contributed by atoms with Gasteiger partial charge in [0, 0.05) is 19.1 Å². The molecular formula is C13H24N2O2. The smallest absolute Gasteiger partial charge is 0.234 e. The monoisotopic (exact) mass is 240 g/mol. The van der Waals surface area contributed by atoms with E-state index in [-0.39, 0.29) is 5.91 Å². The lowest BCUT2D eigenvalue weighted by atomic mass is 10.2. The maximum absolute atomic E-state index is 11.9. The number of nitrogens with zero attached hydrogens (tertiary/aromatic N) is 1. The van der Waals surface area contributed by atoms with Gasteiger partial charge < -0.3 is 10.1 Å². The highest BCUT2D eigenvalue weighted by atomic mass is 16.5. The van der Waals surface area contributed by atoms with Gasteiger partial charge in [-0.3, -0.25) is 9.69 Å². The van der Waals surface area contributed by atoms with E-state index in [0.717, 1.165) is 39.0 Å². The Morgan fingerprint density at radius 3 is 2.88 bits per heavy atom. The second-order valence-corrected chi connectivity index (χ2v) is 5.19. The number of hydrogen-bond acceptors (Lipinski definition) is 3. The Hall–Kier alpha value is -0.610. The van der Waals surface area contributed by atoms with Gasteiger partial charge in [0.2, 0.25) is 5.91 Å². The molecule has 0 bridgehead atoms. The lowest BCUT2D eigenvalue weighted by Gasteiger charge is -2.32. The molecule has 1 amide bonds. The number of morpholine rings is 1. The highest BCUT2D eigenvalue weighted by Crippen LogP contribution is 2.17.